The molecule has 0 radical (unpaired) electrons. The van der Waals surface area contributed by atoms with Crippen LogP contribution in [0, 0.1) is 11.3 Å². The molecule has 2 rings (SSSR count). The molecule has 2 aromatic rings. The van der Waals surface area contributed by atoms with E-state index in [4.69, 9.17) is 5.26 Å². The van der Waals surface area contributed by atoms with Gasteiger partial charge in [-0.2, -0.15) is 5.26 Å². The highest BCUT2D eigenvalue weighted by molar-refractivity contribution is 5.92. The zero-order chi connectivity index (χ0) is 10.7. The molecule has 0 saturated heterocycles. The number of nitrogens with zero attached hydrogens (tertiary/aromatic N) is 3. The van der Waals surface area contributed by atoms with Gasteiger partial charge in [0.05, 0.1) is 10.9 Å². The second-order valence-electron chi connectivity index (χ2n) is 3.19. The van der Waals surface area contributed by atoms with E-state index in [1.165, 1.54) is 6.33 Å². The third-order valence-corrected chi connectivity index (χ3v) is 2.13. The summed E-state index contributed by atoms with van der Waals surface area (Å²) in [6.07, 6.45) is 4.15. The first-order valence-electron chi connectivity index (χ1n) is 4.83. The zero-order valence-electron chi connectivity index (χ0n) is 8.41. The monoisotopic (exact) mass is 201 g/mol. The molecule has 15 heavy (non-hydrogen) atoms. The summed E-state index contributed by atoms with van der Waals surface area (Å²) in [6.45, 7) is 2.91. The molecule has 5 heteroatoms. The third-order valence-electron chi connectivity index (χ3n) is 2.13. The average molecular weight is 201 g/mol. The van der Waals surface area contributed by atoms with E-state index in [2.05, 4.69) is 33.3 Å². The van der Waals surface area contributed by atoms with Crippen LogP contribution in [0.3, 0.4) is 0 Å². The fourth-order valence-electron chi connectivity index (χ4n) is 1.43. The van der Waals surface area contributed by atoms with Crippen molar-refractivity contribution in [1.82, 2.24) is 15.0 Å². The van der Waals surface area contributed by atoms with Crippen LogP contribution in [0.1, 0.15) is 18.9 Å². The molecular formula is C10H11N5. The average Bonchev–Trinajstić information content (AvgIpc) is 2.69. The molecule has 5 nitrogen and oxygen atoms in total. The van der Waals surface area contributed by atoms with E-state index in [1.807, 2.05) is 0 Å². The molecule has 0 aromatic carbocycles. The maximum Gasteiger partial charge on any atom is 0.144 e. The maximum atomic E-state index is 8.92. The van der Waals surface area contributed by atoms with E-state index >= 15 is 0 Å². The summed E-state index contributed by atoms with van der Waals surface area (Å²) < 4.78 is 0. The Balaban J connectivity index is 2.53. The summed E-state index contributed by atoms with van der Waals surface area (Å²) in [5.41, 5.74) is 1.27. The lowest BCUT2D eigenvalue weighted by Gasteiger charge is -2.04. The number of aromatic amines is 1. The maximum absolute atomic E-state index is 8.92. The minimum atomic E-state index is 0.573. The summed E-state index contributed by atoms with van der Waals surface area (Å²) in [5.74, 6) is 0.722. The van der Waals surface area contributed by atoms with Crippen molar-refractivity contribution in [2.45, 2.75) is 13.3 Å². The molecule has 0 amide bonds. The summed E-state index contributed by atoms with van der Waals surface area (Å²) in [4.78, 5) is 11.1. The number of rotatable bonds is 3. The standard InChI is InChI=1S/C10H11N5/c1-2-3-12-9-8-7(4-11)5-13-10(8)15-6-14-9/h5-6H,2-3H2,1H3,(H2,12,13,14,15). The first kappa shape index (κ1) is 9.46. The van der Waals surface area contributed by atoms with Gasteiger partial charge >= 0.3 is 0 Å². The summed E-state index contributed by atoms with van der Waals surface area (Å²) in [5, 5.41) is 12.9. The molecule has 0 fully saturated rings. The van der Waals surface area contributed by atoms with Crippen LogP contribution < -0.4 is 5.32 Å². The number of nitrogens with one attached hydrogen (secondary N) is 2. The molecule has 76 valence electrons. The number of anilines is 1. The number of nitriles is 1. The van der Waals surface area contributed by atoms with Gasteiger partial charge < -0.3 is 10.3 Å². The number of aromatic nitrogens is 3. The molecular weight excluding hydrogens is 190 g/mol. The number of fused-ring (bicyclic) bond motifs is 1. The molecule has 0 atom stereocenters. The number of H-pyrrole nitrogens is 1. The van der Waals surface area contributed by atoms with E-state index in [9.17, 15) is 0 Å². The van der Waals surface area contributed by atoms with Gasteiger partial charge in [-0.15, -0.1) is 0 Å². The van der Waals surface area contributed by atoms with Crippen LogP contribution >= 0.6 is 0 Å². The van der Waals surface area contributed by atoms with Crippen LogP contribution in [0.25, 0.3) is 11.0 Å². The smallest absolute Gasteiger partial charge is 0.144 e. The molecule has 0 aliphatic rings. The van der Waals surface area contributed by atoms with Crippen LogP contribution in [0.15, 0.2) is 12.5 Å². The highest BCUT2D eigenvalue weighted by Crippen LogP contribution is 2.22. The second kappa shape index (κ2) is 3.96. The summed E-state index contributed by atoms with van der Waals surface area (Å²) in [7, 11) is 0. The molecule has 2 heterocycles. The Bertz CT molecular complexity index is 508. The number of hydrogen-bond acceptors (Lipinski definition) is 4. The minimum absolute atomic E-state index is 0.573. The predicted octanol–water partition coefficient (Wildman–Crippen LogP) is 1.65. The normalized spacial score (nSPS) is 10.1. The lowest BCUT2D eigenvalue weighted by Crippen LogP contribution is -2.02. The number of hydrogen-bond donors (Lipinski definition) is 2. The van der Waals surface area contributed by atoms with Crippen molar-refractivity contribution < 1.29 is 0 Å². The second-order valence-corrected chi connectivity index (χ2v) is 3.19. The Hall–Kier alpha value is -2.09. The van der Waals surface area contributed by atoms with Crippen molar-refractivity contribution in [3.63, 3.8) is 0 Å². The zero-order valence-corrected chi connectivity index (χ0v) is 8.41. The van der Waals surface area contributed by atoms with E-state index in [-0.39, 0.29) is 0 Å². The van der Waals surface area contributed by atoms with Gasteiger partial charge in [0, 0.05) is 12.7 Å². The molecule has 0 saturated carbocycles. The van der Waals surface area contributed by atoms with Crippen LogP contribution in [-0.4, -0.2) is 21.5 Å². The van der Waals surface area contributed by atoms with Crippen LogP contribution in [-0.2, 0) is 0 Å². The van der Waals surface area contributed by atoms with E-state index in [1.54, 1.807) is 6.20 Å². The Labute approximate surface area is 87.2 Å². The van der Waals surface area contributed by atoms with Gasteiger partial charge in [-0.25, -0.2) is 9.97 Å². The van der Waals surface area contributed by atoms with Crippen LogP contribution in [0.2, 0.25) is 0 Å². The van der Waals surface area contributed by atoms with Crippen molar-refractivity contribution in [2.24, 2.45) is 0 Å². The fourth-order valence-corrected chi connectivity index (χ4v) is 1.43. The SMILES string of the molecule is CCCNc1ncnc2[nH]cc(C#N)c12. The lowest BCUT2D eigenvalue weighted by atomic mass is 10.2. The van der Waals surface area contributed by atoms with Gasteiger partial charge in [0.2, 0.25) is 0 Å². The van der Waals surface area contributed by atoms with Gasteiger partial charge in [0.15, 0.2) is 0 Å². The largest absolute Gasteiger partial charge is 0.369 e. The Morgan fingerprint density at radius 1 is 1.53 bits per heavy atom. The highest BCUT2D eigenvalue weighted by Gasteiger charge is 2.09. The van der Waals surface area contributed by atoms with Crippen LogP contribution in [0.5, 0.6) is 0 Å². The van der Waals surface area contributed by atoms with E-state index in [0.29, 0.717) is 11.2 Å². The molecule has 0 bridgehead atoms. The molecule has 0 aliphatic heterocycles. The first-order chi connectivity index (χ1) is 7.36. The van der Waals surface area contributed by atoms with Gasteiger partial charge in [0.25, 0.3) is 0 Å². The molecule has 2 aromatic heterocycles. The minimum Gasteiger partial charge on any atom is -0.369 e. The summed E-state index contributed by atoms with van der Waals surface area (Å²) >= 11 is 0. The van der Waals surface area contributed by atoms with E-state index < -0.39 is 0 Å². The summed E-state index contributed by atoms with van der Waals surface area (Å²) in [6, 6.07) is 2.12. The fraction of sp³-hybridized carbons (Fsp3) is 0.300. The van der Waals surface area contributed by atoms with Crippen molar-refractivity contribution in [1.29, 1.82) is 5.26 Å². The Kier molecular flexibility index (Phi) is 2.50. The van der Waals surface area contributed by atoms with Gasteiger partial charge in [-0.05, 0) is 6.42 Å². The third kappa shape index (κ3) is 1.62. The Morgan fingerprint density at radius 2 is 2.40 bits per heavy atom. The Morgan fingerprint density at radius 3 is 3.13 bits per heavy atom. The predicted molar refractivity (Wildman–Crippen MR) is 57.4 cm³/mol. The molecule has 0 spiro atoms. The van der Waals surface area contributed by atoms with Crippen molar-refractivity contribution in [3.8, 4) is 6.07 Å². The molecule has 0 aliphatic carbocycles. The van der Waals surface area contributed by atoms with Gasteiger partial charge in [-0.3, -0.25) is 0 Å². The van der Waals surface area contributed by atoms with Crippen molar-refractivity contribution in [2.75, 3.05) is 11.9 Å². The van der Waals surface area contributed by atoms with Crippen LogP contribution in [0.4, 0.5) is 5.82 Å². The quantitative estimate of drug-likeness (QED) is 0.791. The van der Waals surface area contributed by atoms with Crippen molar-refractivity contribution >= 4 is 16.9 Å². The first-order valence-corrected chi connectivity index (χ1v) is 4.83. The van der Waals surface area contributed by atoms with E-state index in [0.717, 1.165) is 24.2 Å². The van der Waals surface area contributed by atoms with Gasteiger partial charge in [0.1, 0.15) is 23.9 Å². The highest BCUT2D eigenvalue weighted by atomic mass is 15.0. The van der Waals surface area contributed by atoms with Gasteiger partial charge in [-0.1, -0.05) is 6.92 Å². The lowest BCUT2D eigenvalue weighted by molar-refractivity contribution is 0.969. The van der Waals surface area contributed by atoms with Crippen molar-refractivity contribution in [3.05, 3.63) is 18.1 Å². The molecule has 0 unspecified atom stereocenters. The topological polar surface area (TPSA) is 77.4 Å². The molecule has 2 N–H and O–H groups in total.